The van der Waals surface area contributed by atoms with Gasteiger partial charge in [-0.05, 0) is 27.3 Å². The fourth-order valence-corrected chi connectivity index (χ4v) is 2.28. The Kier molecular flexibility index (Phi) is 4.94. The van der Waals surface area contributed by atoms with Crippen LogP contribution in [0.4, 0.5) is 5.82 Å². The first-order valence-corrected chi connectivity index (χ1v) is 7.51. The van der Waals surface area contributed by atoms with Crippen LogP contribution in [0.1, 0.15) is 33.4 Å². The first kappa shape index (κ1) is 15.2. The van der Waals surface area contributed by atoms with Gasteiger partial charge in [0.15, 0.2) is 0 Å². The standard InChI is InChI=1S/C15H27N5/c1-5-19-6-8-20(9-7-19)14-12-16-10-13(18-14)11-17-15(2,3)4/h10,12,17H,5-9,11H2,1-4H3. The minimum Gasteiger partial charge on any atom is -0.353 e. The third kappa shape index (κ3) is 4.42. The molecule has 1 aromatic heterocycles. The van der Waals surface area contributed by atoms with Crippen LogP contribution in [0.15, 0.2) is 12.4 Å². The summed E-state index contributed by atoms with van der Waals surface area (Å²) in [7, 11) is 0. The molecule has 0 aliphatic carbocycles. The van der Waals surface area contributed by atoms with Crippen molar-refractivity contribution in [2.75, 3.05) is 37.6 Å². The number of nitrogens with zero attached hydrogens (tertiary/aromatic N) is 4. The summed E-state index contributed by atoms with van der Waals surface area (Å²) in [5, 5.41) is 3.46. The van der Waals surface area contributed by atoms with Crippen molar-refractivity contribution in [1.82, 2.24) is 20.2 Å². The molecule has 5 nitrogen and oxygen atoms in total. The Morgan fingerprint density at radius 1 is 1.15 bits per heavy atom. The lowest BCUT2D eigenvalue weighted by Crippen LogP contribution is -2.46. The Morgan fingerprint density at radius 3 is 2.45 bits per heavy atom. The molecule has 0 bridgehead atoms. The Labute approximate surface area is 122 Å². The van der Waals surface area contributed by atoms with Crippen LogP contribution in [0.2, 0.25) is 0 Å². The number of nitrogens with one attached hydrogen (secondary N) is 1. The molecule has 2 rings (SSSR count). The van der Waals surface area contributed by atoms with Gasteiger partial charge in [0, 0.05) is 44.5 Å². The third-order valence-electron chi connectivity index (χ3n) is 3.62. The Bertz CT molecular complexity index is 419. The van der Waals surface area contributed by atoms with E-state index in [9.17, 15) is 0 Å². The topological polar surface area (TPSA) is 44.3 Å². The first-order valence-electron chi connectivity index (χ1n) is 7.51. The predicted molar refractivity (Wildman–Crippen MR) is 83.0 cm³/mol. The molecule has 0 saturated carbocycles. The van der Waals surface area contributed by atoms with Crippen molar-refractivity contribution in [3.63, 3.8) is 0 Å². The normalized spacial score (nSPS) is 17.5. The molecule has 112 valence electrons. The van der Waals surface area contributed by atoms with Gasteiger partial charge < -0.3 is 15.1 Å². The van der Waals surface area contributed by atoms with Crippen LogP contribution in [-0.2, 0) is 6.54 Å². The molecule has 1 aliphatic heterocycles. The quantitative estimate of drug-likeness (QED) is 0.904. The van der Waals surface area contributed by atoms with Gasteiger partial charge in [0.25, 0.3) is 0 Å². The summed E-state index contributed by atoms with van der Waals surface area (Å²) in [4.78, 5) is 13.9. The van der Waals surface area contributed by atoms with Crippen LogP contribution in [0, 0.1) is 0 Å². The molecule has 0 radical (unpaired) electrons. The number of likely N-dealkylation sites (N-methyl/N-ethyl adjacent to an activating group) is 1. The van der Waals surface area contributed by atoms with Crippen molar-refractivity contribution in [2.24, 2.45) is 0 Å². The maximum absolute atomic E-state index is 4.73. The summed E-state index contributed by atoms with van der Waals surface area (Å²) in [5.74, 6) is 1.01. The number of piperazine rings is 1. The number of anilines is 1. The van der Waals surface area contributed by atoms with E-state index in [4.69, 9.17) is 4.98 Å². The van der Waals surface area contributed by atoms with E-state index in [1.54, 1.807) is 0 Å². The van der Waals surface area contributed by atoms with Gasteiger partial charge in [-0.2, -0.15) is 0 Å². The van der Waals surface area contributed by atoms with Gasteiger partial charge in [-0.25, -0.2) is 4.98 Å². The molecule has 0 spiro atoms. The molecule has 1 fully saturated rings. The average molecular weight is 277 g/mol. The maximum Gasteiger partial charge on any atom is 0.147 e. The van der Waals surface area contributed by atoms with Gasteiger partial charge >= 0.3 is 0 Å². The highest BCUT2D eigenvalue weighted by molar-refractivity contribution is 5.37. The third-order valence-corrected chi connectivity index (χ3v) is 3.62. The van der Waals surface area contributed by atoms with Crippen molar-refractivity contribution in [3.05, 3.63) is 18.1 Å². The van der Waals surface area contributed by atoms with Gasteiger partial charge in [0.1, 0.15) is 5.82 Å². The van der Waals surface area contributed by atoms with E-state index in [-0.39, 0.29) is 5.54 Å². The molecular formula is C15H27N5. The molecule has 0 unspecified atom stereocenters. The van der Waals surface area contributed by atoms with E-state index in [2.05, 4.69) is 47.8 Å². The predicted octanol–water partition coefficient (Wildman–Crippen LogP) is 1.51. The van der Waals surface area contributed by atoms with E-state index < -0.39 is 0 Å². The molecule has 0 atom stereocenters. The van der Waals surface area contributed by atoms with Gasteiger partial charge in [-0.1, -0.05) is 6.92 Å². The summed E-state index contributed by atoms with van der Waals surface area (Å²) in [6, 6.07) is 0. The summed E-state index contributed by atoms with van der Waals surface area (Å²) in [6.07, 6.45) is 3.73. The van der Waals surface area contributed by atoms with Crippen molar-refractivity contribution in [3.8, 4) is 0 Å². The molecule has 0 amide bonds. The van der Waals surface area contributed by atoms with Gasteiger partial charge in [-0.15, -0.1) is 0 Å². The van der Waals surface area contributed by atoms with Crippen molar-refractivity contribution < 1.29 is 0 Å². The second-order valence-electron chi connectivity index (χ2n) is 6.39. The van der Waals surface area contributed by atoms with Crippen LogP contribution in [-0.4, -0.2) is 53.1 Å². The van der Waals surface area contributed by atoms with Gasteiger partial charge in [0.05, 0.1) is 11.9 Å². The van der Waals surface area contributed by atoms with Crippen molar-refractivity contribution in [1.29, 1.82) is 0 Å². The maximum atomic E-state index is 4.73. The minimum atomic E-state index is 0.102. The number of hydrogen-bond donors (Lipinski definition) is 1. The molecule has 2 heterocycles. The van der Waals surface area contributed by atoms with Crippen LogP contribution < -0.4 is 10.2 Å². The van der Waals surface area contributed by atoms with Crippen LogP contribution >= 0.6 is 0 Å². The SMILES string of the molecule is CCN1CCN(c2cncc(CNC(C)(C)C)n2)CC1. The molecule has 5 heteroatoms. The van der Waals surface area contributed by atoms with E-state index in [0.29, 0.717) is 0 Å². The highest BCUT2D eigenvalue weighted by Gasteiger charge is 2.17. The number of rotatable bonds is 4. The molecule has 1 aliphatic rings. The Morgan fingerprint density at radius 2 is 1.85 bits per heavy atom. The summed E-state index contributed by atoms with van der Waals surface area (Å²) < 4.78 is 0. The molecular weight excluding hydrogens is 250 g/mol. The lowest BCUT2D eigenvalue weighted by Gasteiger charge is -2.34. The zero-order valence-electron chi connectivity index (χ0n) is 13.2. The molecule has 0 aromatic carbocycles. The van der Waals surface area contributed by atoms with Crippen LogP contribution in [0.5, 0.6) is 0 Å². The van der Waals surface area contributed by atoms with Crippen molar-refractivity contribution >= 4 is 5.82 Å². The lowest BCUT2D eigenvalue weighted by molar-refractivity contribution is 0.270. The molecule has 20 heavy (non-hydrogen) atoms. The van der Waals surface area contributed by atoms with Crippen LogP contribution in [0.25, 0.3) is 0 Å². The largest absolute Gasteiger partial charge is 0.353 e. The fraction of sp³-hybridized carbons (Fsp3) is 0.733. The van der Waals surface area contributed by atoms with Crippen molar-refractivity contribution in [2.45, 2.75) is 39.8 Å². The monoisotopic (exact) mass is 277 g/mol. The fourth-order valence-electron chi connectivity index (χ4n) is 2.28. The number of aromatic nitrogens is 2. The Hall–Kier alpha value is -1.20. The summed E-state index contributed by atoms with van der Waals surface area (Å²) in [5.41, 5.74) is 1.11. The second kappa shape index (κ2) is 6.50. The van der Waals surface area contributed by atoms with Crippen LogP contribution in [0.3, 0.4) is 0 Å². The van der Waals surface area contributed by atoms with E-state index in [1.165, 1.54) is 0 Å². The Balaban J connectivity index is 1.96. The summed E-state index contributed by atoms with van der Waals surface area (Å²) >= 11 is 0. The second-order valence-corrected chi connectivity index (χ2v) is 6.39. The van der Waals surface area contributed by atoms with Gasteiger partial charge in [-0.3, -0.25) is 4.98 Å². The lowest BCUT2D eigenvalue weighted by atomic mass is 10.1. The highest BCUT2D eigenvalue weighted by Crippen LogP contribution is 2.13. The highest BCUT2D eigenvalue weighted by atomic mass is 15.3. The van der Waals surface area contributed by atoms with E-state index in [1.807, 2.05) is 12.4 Å². The molecule has 1 saturated heterocycles. The zero-order chi connectivity index (χ0) is 14.6. The smallest absolute Gasteiger partial charge is 0.147 e. The van der Waals surface area contributed by atoms with E-state index >= 15 is 0 Å². The molecule has 1 aromatic rings. The van der Waals surface area contributed by atoms with Gasteiger partial charge in [0.2, 0.25) is 0 Å². The summed E-state index contributed by atoms with van der Waals surface area (Å²) in [6.45, 7) is 14.9. The molecule has 1 N–H and O–H groups in total. The minimum absolute atomic E-state index is 0.102. The average Bonchev–Trinajstić information content (AvgIpc) is 2.45. The van der Waals surface area contributed by atoms with E-state index in [0.717, 1.165) is 50.8 Å². The first-order chi connectivity index (χ1) is 9.48. The zero-order valence-corrected chi connectivity index (χ0v) is 13.2. The number of hydrogen-bond acceptors (Lipinski definition) is 5.